The van der Waals surface area contributed by atoms with Gasteiger partial charge in [0.15, 0.2) is 0 Å². The quantitative estimate of drug-likeness (QED) is 0.290. The average Bonchev–Trinajstić information content (AvgIpc) is 3.80. The van der Waals surface area contributed by atoms with Gasteiger partial charge in [0.1, 0.15) is 5.54 Å². The van der Waals surface area contributed by atoms with Crippen molar-refractivity contribution in [3.05, 3.63) is 94.0 Å². The molecule has 5 unspecified atom stereocenters. The number of benzene rings is 2. The van der Waals surface area contributed by atoms with E-state index in [-0.39, 0.29) is 29.8 Å². The van der Waals surface area contributed by atoms with Crippen molar-refractivity contribution in [2.24, 2.45) is 5.92 Å². The van der Waals surface area contributed by atoms with E-state index in [0.717, 1.165) is 61.8 Å². The fraction of sp³-hybridized carbons (Fsp3) is 0.526. The van der Waals surface area contributed by atoms with Gasteiger partial charge < -0.3 is 20.4 Å². The predicted molar refractivity (Wildman–Crippen MR) is 191 cm³/mol. The molecule has 0 spiro atoms. The van der Waals surface area contributed by atoms with Crippen LogP contribution in [0.3, 0.4) is 0 Å². The fourth-order valence-electron chi connectivity index (χ4n) is 7.74. The van der Waals surface area contributed by atoms with Crippen LogP contribution in [0.25, 0.3) is 0 Å². The van der Waals surface area contributed by atoms with Crippen molar-refractivity contribution in [1.29, 1.82) is 0 Å². The molecule has 2 aliphatic heterocycles. The van der Waals surface area contributed by atoms with E-state index in [0.29, 0.717) is 32.4 Å². The Balaban J connectivity index is 1.18. The summed E-state index contributed by atoms with van der Waals surface area (Å²) in [6, 6.07) is 16.5. The second-order valence-corrected chi connectivity index (χ2v) is 15.1. The highest BCUT2D eigenvalue weighted by molar-refractivity contribution is 6.31. The van der Waals surface area contributed by atoms with Gasteiger partial charge in [-0.2, -0.15) is 0 Å². The molecular formula is C38H49Cl2N5O2. The number of carbonyl (C=O) groups is 2. The summed E-state index contributed by atoms with van der Waals surface area (Å²) < 4.78 is 0. The van der Waals surface area contributed by atoms with Crippen LogP contribution in [0.2, 0.25) is 5.02 Å². The van der Waals surface area contributed by atoms with E-state index in [1.165, 1.54) is 11.1 Å². The highest BCUT2D eigenvalue weighted by Crippen LogP contribution is 2.52. The van der Waals surface area contributed by atoms with Crippen molar-refractivity contribution in [3.8, 4) is 0 Å². The van der Waals surface area contributed by atoms with Crippen molar-refractivity contribution < 1.29 is 9.59 Å². The Labute approximate surface area is 290 Å². The lowest BCUT2D eigenvalue weighted by Crippen LogP contribution is -2.58. The van der Waals surface area contributed by atoms with E-state index in [9.17, 15) is 9.59 Å². The molecule has 5 atom stereocenters. The molecule has 0 bridgehead atoms. The van der Waals surface area contributed by atoms with Gasteiger partial charge in [-0.25, -0.2) is 0 Å². The molecule has 2 fully saturated rings. The maximum absolute atomic E-state index is 14.5. The van der Waals surface area contributed by atoms with Crippen LogP contribution in [0.15, 0.2) is 72.3 Å². The van der Waals surface area contributed by atoms with Gasteiger partial charge in [0, 0.05) is 62.2 Å². The van der Waals surface area contributed by atoms with Gasteiger partial charge in [-0.1, -0.05) is 86.1 Å². The largest absolute Gasteiger partial charge is 0.341 e. The maximum Gasteiger partial charge on any atom is 0.249 e. The number of likely N-dealkylation sites (N-methyl/N-ethyl adjacent to an activating group) is 1. The van der Waals surface area contributed by atoms with E-state index < -0.39 is 10.4 Å². The Kier molecular flexibility index (Phi) is 10.5. The summed E-state index contributed by atoms with van der Waals surface area (Å²) in [5.74, 6) is -0.126. The molecule has 1 saturated heterocycles. The van der Waals surface area contributed by atoms with Crippen molar-refractivity contribution in [2.45, 2.75) is 69.0 Å². The lowest BCUT2D eigenvalue weighted by molar-refractivity contribution is -0.140. The number of hydrogen-bond acceptors (Lipinski definition) is 5. The number of fused-ring (bicyclic) bond motifs is 1. The number of hydrogen-bond donors (Lipinski definition) is 2. The SMILES string of the molecule is CCN(CC)CC(c1ccccc1Cl)N1CCN(C(=O)C2(NC(=O)CC3NCCc4ccccc43)CC2C2=CCC(C)(Cl)C=C2)CC1. The molecule has 6 rings (SSSR count). The molecule has 252 valence electrons. The van der Waals surface area contributed by atoms with Crippen LogP contribution >= 0.6 is 23.2 Å². The number of amides is 2. The zero-order valence-corrected chi connectivity index (χ0v) is 29.5. The molecule has 2 N–H and O–H groups in total. The average molecular weight is 679 g/mol. The minimum atomic E-state index is -0.937. The van der Waals surface area contributed by atoms with E-state index in [4.69, 9.17) is 23.2 Å². The Morgan fingerprint density at radius 1 is 1.06 bits per heavy atom. The fourth-order valence-corrected chi connectivity index (χ4v) is 8.14. The maximum atomic E-state index is 14.5. The van der Waals surface area contributed by atoms with Crippen LogP contribution in [-0.2, 0) is 16.0 Å². The highest BCUT2D eigenvalue weighted by atomic mass is 35.5. The Morgan fingerprint density at radius 3 is 2.49 bits per heavy atom. The first-order chi connectivity index (χ1) is 22.6. The van der Waals surface area contributed by atoms with Crippen molar-refractivity contribution in [3.63, 3.8) is 0 Å². The molecule has 0 radical (unpaired) electrons. The zero-order chi connectivity index (χ0) is 33.2. The second kappa shape index (κ2) is 14.4. The third-order valence-corrected chi connectivity index (χ3v) is 11.3. The molecule has 1 saturated carbocycles. The standard InChI is InChI=1S/C38H49Cl2N5O2/c1-4-43(5-2)26-34(30-12-8-9-13-32(30)39)44-20-22-45(23-21-44)36(47)38(25-31(38)28-14-17-37(3,40)18-15-28)42-35(46)24-33-29-11-7-6-10-27(29)16-19-41-33/h6-15,17,31,33-34,41H,4-5,16,18-26H2,1-3H3,(H,42,46). The molecule has 2 heterocycles. The molecule has 2 aliphatic carbocycles. The van der Waals surface area contributed by atoms with E-state index >= 15 is 0 Å². The van der Waals surface area contributed by atoms with Crippen LogP contribution in [0, 0.1) is 5.92 Å². The van der Waals surface area contributed by atoms with E-state index in [1.54, 1.807) is 0 Å². The van der Waals surface area contributed by atoms with Gasteiger partial charge in [-0.15, -0.1) is 11.6 Å². The Hall–Kier alpha value is -2.68. The summed E-state index contributed by atoms with van der Waals surface area (Å²) in [5.41, 5.74) is 3.75. The summed E-state index contributed by atoms with van der Waals surface area (Å²) >= 11 is 13.3. The second-order valence-electron chi connectivity index (χ2n) is 13.8. The summed E-state index contributed by atoms with van der Waals surface area (Å²) in [6.07, 6.45) is 8.78. The molecular weight excluding hydrogens is 629 g/mol. The third kappa shape index (κ3) is 7.50. The number of nitrogens with zero attached hydrogens (tertiary/aromatic N) is 3. The summed E-state index contributed by atoms with van der Waals surface area (Å²) in [5, 5.41) is 7.62. The van der Waals surface area contributed by atoms with E-state index in [2.05, 4.69) is 76.8 Å². The minimum absolute atomic E-state index is 0.0269. The topological polar surface area (TPSA) is 67.9 Å². The first-order valence-corrected chi connectivity index (χ1v) is 18.1. The zero-order valence-electron chi connectivity index (χ0n) is 28.0. The number of halogens is 2. The van der Waals surface area contributed by atoms with Gasteiger partial charge in [-0.3, -0.25) is 14.5 Å². The van der Waals surface area contributed by atoms with Crippen molar-refractivity contribution >= 4 is 35.0 Å². The van der Waals surface area contributed by atoms with Gasteiger partial charge >= 0.3 is 0 Å². The van der Waals surface area contributed by atoms with Crippen LogP contribution in [0.5, 0.6) is 0 Å². The molecule has 7 nitrogen and oxygen atoms in total. The third-order valence-electron chi connectivity index (χ3n) is 10.7. The molecule has 9 heteroatoms. The number of alkyl halides is 1. The van der Waals surface area contributed by atoms with Gasteiger partial charge in [0.2, 0.25) is 11.8 Å². The van der Waals surface area contributed by atoms with Crippen LogP contribution < -0.4 is 10.6 Å². The lowest BCUT2D eigenvalue weighted by Gasteiger charge is -2.42. The smallest absolute Gasteiger partial charge is 0.249 e. The minimum Gasteiger partial charge on any atom is -0.341 e. The van der Waals surface area contributed by atoms with Crippen LogP contribution in [-0.4, -0.2) is 89.3 Å². The van der Waals surface area contributed by atoms with E-state index in [1.807, 2.05) is 36.1 Å². The first-order valence-electron chi connectivity index (χ1n) is 17.3. The molecule has 2 aromatic carbocycles. The predicted octanol–water partition coefficient (Wildman–Crippen LogP) is 5.90. The summed E-state index contributed by atoms with van der Waals surface area (Å²) in [4.78, 5) is 34.8. The monoisotopic (exact) mass is 677 g/mol. The van der Waals surface area contributed by atoms with Crippen molar-refractivity contribution in [2.75, 3.05) is 52.4 Å². The number of rotatable bonds is 11. The van der Waals surface area contributed by atoms with Crippen LogP contribution in [0.1, 0.15) is 68.8 Å². The van der Waals surface area contributed by atoms with Crippen LogP contribution in [0.4, 0.5) is 0 Å². The summed E-state index contributed by atoms with van der Waals surface area (Å²) in [7, 11) is 0. The Morgan fingerprint density at radius 2 is 1.79 bits per heavy atom. The normalized spacial score (nSPS) is 28.0. The van der Waals surface area contributed by atoms with Gasteiger partial charge in [-0.05, 0) is 74.2 Å². The number of allylic oxidation sites excluding steroid dienone is 3. The summed E-state index contributed by atoms with van der Waals surface area (Å²) in [6.45, 7) is 12.7. The molecule has 2 aromatic rings. The van der Waals surface area contributed by atoms with Gasteiger partial charge in [0.25, 0.3) is 0 Å². The molecule has 0 aromatic heterocycles. The van der Waals surface area contributed by atoms with Crippen molar-refractivity contribution in [1.82, 2.24) is 25.3 Å². The highest BCUT2D eigenvalue weighted by Gasteiger charge is 2.63. The number of carbonyl (C=O) groups excluding carboxylic acids is 2. The molecule has 4 aliphatic rings. The Bertz CT molecular complexity index is 1510. The number of nitrogens with one attached hydrogen (secondary N) is 2. The lowest BCUT2D eigenvalue weighted by atomic mass is 9.91. The first kappa shape index (κ1) is 34.2. The molecule has 2 amide bonds. The number of piperazine rings is 1. The molecule has 47 heavy (non-hydrogen) atoms. The van der Waals surface area contributed by atoms with Gasteiger partial charge in [0.05, 0.1) is 4.87 Å².